The Morgan fingerprint density at radius 3 is 2.18 bits per heavy atom. The van der Waals surface area contributed by atoms with E-state index in [0.29, 0.717) is 17.8 Å². The molecule has 7 nitrogen and oxygen atoms in total. The number of aromatic nitrogens is 1. The molecule has 170 valence electrons. The molecule has 0 aliphatic carbocycles. The van der Waals surface area contributed by atoms with Gasteiger partial charge in [-0.3, -0.25) is 24.5 Å². The Hall–Kier alpha value is -3.87. The molecule has 7 heteroatoms. The molecular weight excluding hydrogens is 416 g/mol. The second-order valence-corrected chi connectivity index (χ2v) is 8.38. The topological polar surface area (TPSA) is 83.4 Å². The van der Waals surface area contributed by atoms with Crippen molar-refractivity contribution in [3.63, 3.8) is 0 Å². The molecule has 4 rings (SSSR count). The highest BCUT2D eigenvalue weighted by Gasteiger charge is 2.35. The maximum atomic E-state index is 12.8. The monoisotopic (exact) mass is 444 g/mol. The van der Waals surface area contributed by atoms with Crippen LogP contribution in [0.4, 0.5) is 11.4 Å². The second-order valence-electron chi connectivity index (χ2n) is 8.38. The van der Waals surface area contributed by atoms with Gasteiger partial charge in [0.1, 0.15) is 0 Å². The van der Waals surface area contributed by atoms with Crippen LogP contribution in [0, 0.1) is 19.8 Å². The number of hydrogen-bond acceptors (Lipinski definition) is 3. The fraction of sp³-hybridized carbons (Fsp3) is 0.269. The fourth-order valence-electron chi connectivity index (χ4n) is 4.00. The Bertz CT molecular complexity index is 1160. The van der Waals surface area contributed by atoms with E-state index < -0.39 is 5.92 Å². The third-order valence-electron chi connectivity index (χ3n) is 6.05. The van der Waals surface area contributed by atoms with Gasteiger partial charge in [0, 0.05) is 41.3 Å². The highest BCUT2D eigenvalue weighted by atomic mass is 16.2. The first kappa shape index (κ1) is 22.3. The lowest BCUT2D eigenvalue weighted by Crippen LogP contribution is -2.28. The van der Waals surface area contributed by atoms with Crippen LogP contribution in [0.1, 0.15) is 40.7 Å². The van der Waals surface area contributed by atoms with Crippen LogP contribution in [-0.4, -0.2) is 28.9 Å². The van der Waals surface area contributed by atoms with Crippen LogP contribution in [0.25, 0.3) is 0 Å². The van der Waals surface area contributed by atoms with Crippen LogP contribution in [0.3, 0.4) is 0 Å². The molecule has 0 bridgehead atoms. The molecule has 0 spiro atoms. The van der Waals surface area contributed by atoms with Gasteiger partial charge in [0.15, 0.2) is 0 Å². The van der Waals surface area contributed by atoms with E-state index in [-0.39, 0.29) is 24.1 Å². The molecule has 2 N–H and O–H groups in total. The lowest BCUT2D eigenvalue weighted by atomic mass is 10.1. The number of nitrogens with one attached hydrogen (secondary N) is 2. The van der Waals surface area contributed by atoms with E-state index in [4.69, 9.17) is 0 Å². The predicted octanol–water partition coefficient (Wildman–Crippen LogP) is 4.04. The number of aryl methyl sites for hydroxylation is 3. The second kappa shape index (κ2) is 9.32. The standard InChI is InChI=1S/C26H28N4O3/c1-4-19-7-13-23(14-8-19)29-16-21(15-24(29)31)25(32)27-22-11-9-20(10-12-22)26(33)28-30-17(2)5-6-18(30)3/h5-14,21H,4,15-16H2,1-3H3,(H,27,32)(H,28,33)/t21-/m0/s1. The number of anilines is 2. The van der Waals surface area contributed by atoms with Crippen molar-refractivity contribution in [1.82, 2.24) is 4.68 Å². The Labute approximate surface area is 193 Å². The van der Waals surface area contributed by atoms with Crippen molar-refractivity contribution >= 4 is 29.1 Å². The van der Waals surface area contributed by atoms with Crippen molar-refractivity contribution in [2.24, 2.45) is 5.92 Å². The average Bonchev–Trinajstić information content (AvgIpc) is 3.36. The molecule has 2 aromatic carbocycles. The first-order valence-electron chi connectivity index (χ1n) is 11.1. The fourth-order valence-corrected chi connectivity index (χ4v) is 4.00. The van der Waals surface area contributed by atoms with Gasteiger partial charge in [-0.25, -0.2) is 0 Å². The molecule has 0 radical (unpaired) electrons. The van der Waals surface area contributed by atoms with Crippen LogP contribution in [0.2, 0.25) is 0 Å². The molecule has 1 aliphatic rings. The molecule has 2 heterocycles. The molecular formula is C26H28N4O3. The first-order chi connectivity index (χ1) is 15.9. The van der Waals surface area contributed by atoms with Crippen molar-refractivity contribution in [1.29, 1.82) is 0 Å². The molecule has 3 amide bonds. The summed E-state index contributed by atoms with van der Waals surface area (Å²) in [6.45, 7) is 6.27. The minimum Gasteiger partial charge on any atom is -0.326 e. The van der Waals surface area contributed by atoms with Gasteiger partial charge in [-0.05, 0) is 74.4 Å². The van der Waals surface area contributed by atoms with Gasteiger partial charge in [0.2, 0.25) is 11.8 Å². The summed E-state index contributed by atoms with van der Waals surface area (Å²) in [5.74, 6) is -0.916. The van der Waals surface area contributed by atoms with E-state index in [2.05, 4.69) is 17.7 Å². The highest BCUT2D eigenvalue weighted by Crippen LogP contribution is 2.26. The smallest absolute Gasteiger partial charge is 0.270 e. The Morgan fingerprint density at radius 2 is 1.58 bits per heavy atom. The lowest BCUT2D eigenvalue weighted by Gasteiger charge is -2.17. The number of benzene rings is 2. The molecule has 0 unspecified atom stereocenters. The number of rotatable bonds is 6. The summed E-state index contributed by atoms with van der Waals surface area (Å²) >= 11 is 0. The minimum atomic E-state index is -0.425. The van der Waals surface area contributed by atoms with Gasteiger partial charge in [-0.1, -0.05) is 19.1 Å². The maximum Gasteiger partial charge on any atom is 0.270 e. The average molecular weight is 445 g/mol. The Balaban J connectivity index is 1.36. The zero-order valence-corrected chi connectivity index (χ0v) is 19.1. The van der Waals surface area contributed by atoms with E-state index in [0.717, 1.165) is 23.5 Å². The summed E-state index contributed by atoms with van der Waals surface area (Å²) < 4.78 is 1.73. The van der Waals surface area contributed by atoms with Gasteiger partial charge < -0.3 is 10.2 Å². The van der Waals surface area contributed by atoms with Crippen LogP contribution in [0.15, 0.2) is 60.7 Å². The normalized spacial score (nSPS) is 15.5. The van der Waals surface area contributed by atoms with Gasteiger partial charge >= 0.3 is 0 Å². The van der Waals surface area contributed by atoms with Crippen molar-refractivity contribution in [3.8, 4) is 0 Å². The zero-order valence-electron chi connectivity index (χ0n) is 19.1. The molecule has 0 saturated carbocycles. The summed E-state index contributed by atoms with van der Waals surface area (Å²) in [6.07, 6.45) is 1.11. The summed E-state index contributed by atoms with van der Waals surface area (Å²) in [7, 11) is 0. The quantitative estimate of drug-likeness (QED) is 0.602. The number of amides is 3. The van der Waals surface area contributed by atoms with Crippen molar-refractivity contribution in [2.45, 2.75) is 33.6 Å². The third-order valence-corrected chi connectivity index (χ3v) is 6.05. The zero-order chi connectivity index (χ0) is 23.5. The Kier molecular flexibility index (Phi) is 6.31. The van der Waals surface area contributed by atoms with Crippen LogP contribution < -0.4 is 15.6 Å². The molecule has 1 aliphatic heterocycles. The molecule has 33 heavy (non-hydrogen) atoms. The third kappa shape index (κ3) is 4.82. The molecule has 1 fully saturated rings. The van der Waals surface area contributed by atoms with Crippen LogP contribution in [0.5, 0.6) is 0 Å². The Morgan fingerprint density at radius 1 is 0.939 bits per heavy atom. The highest BCUT2D eigenvalue weighted by molar-refractivity contribution is 6.04. The van der Waals surface area contributed by atoms with Crippen LogP contribution >= 0.6 is 0 Å². The molecule has 1 atom stereocenters. The summed E-state index contributed by atoms with van der Waals surface area (Å²) in [5, 5.41) is 2.87. The molecule has 1 saturated heterocycles. The van der Waals surface area contributed by atoms with E-state index >= 15 is 0 Å². The number of nitrogens with zero attached hydrogens (tertiary/aromatic N) is 2. The SMILES string of the molecule is CCc1ccc(N2C[C@@H](C(=O)Nc3ccc(C(=O)Nn4c(C)ccc4C)cc3)CC2=O)cc1. The van der Waals surface area contributed by atoms with Crippen molar-refractivity contribution < 1.29 is 14.4 Å². The first-order valence-corrected chi connectivity index (χ1v) is 11.1. The molecule has 1 aromatic heterocycles. The maximum absolute atomic E-state index is 12.8. The lowest BCUT2D eigenvalue weighted by molar-refractivity contribution is -0.122. The molecule has 3 aromatic rings. The summed E-state index contributed by atoms with van der Waals surface area (Å²) in [4.78, 5) is 39.5. The number of carbonyl (C=O) groups excluding carboxylic acids is 3. The number of carbonyl (C=O) groups is 3. The minimum absolute atomic E-state index is 0.0537. The number of hydrogen-bond donors (Lipinski definition) is 2. The van der Waals surface area contributed by atoms with Gasteiger partial charge in [-0.15, -0.1) is 0 Å². The van der Waals surface area contributed by atoms with Crippen LogP contribution in [-0.2, 0) is 16.0 Å². The van der Waals surface area contributed by atoms with E-state index in [9.17, 15) is 14.4 Å². The van der Waals surface area contributed by atoms with E-state index in [1.807, 2.05) is 50.2 Å². The van der Waals surface area contributed by atoms with Crippen molar-refractivity contribution in [2.75, 3.05) is 22.2 Å². The largest absolute Gasteiger partial charge is 0.326 e. The van der Waals surface area contributed by atoms with Crippen molar-refractivity contribution in [3.05, 3.63) is 83.2 Å². The summed E-state index contributed by atoms with van der Waals surface area (Å²) in [6, 6.07) is 18.5. The van der Waals surface area contributed by atoms with Gasteiger partial charge in [-0.2, -0.15) is 0 Å². The van der Waals surface area contributed by atoms with Gasteiger partial charge in [0.25, 0.3) is 5.91 Å². The predicted molar refractivity (Wildman–Crippen MR) is 129 cm³/mol. The van der Waals surface area contributed by atoms with E-state index in [1.165, 1.54) is 5.56 Å². The summed E-state index contributed by atoms with van der Waals surface area (Å²) in [5.41, 5.74) is 7.82. The van der Waals surface area contributed by atoms with Gasteiger partial charge in [0.05, 0.1) is 5.92 Å². The van der Waals surface area contributed by atoms with E-state index in [1.54, 1.807) is 33.8 Å².